The minimum absolute atomic E-state index is 0.0504. The maximum absolute atomic E-state index is 9.33. The Kier molecular flexibility index (Phi) is 3.97. The van der Waals surface area contributed by atoms with Crippen molar-refractivity contribution in [2.75, 3.05) is 7.11 Å². The third-order valence-corrected chi connectivity index (χ3v) is 2.83. The van der Waals surface area contributed by atoms with Crippen LogP contribution in [0.3, 0.4) is 0 Å². The monoisotopic (exact) mass is 209 g/mol. The smallest absolute Gasteiger partial charge is 0.127 e. The molecule has 15 heavy (non-hydrogen) atoms. The Morgan fingerprint density at radius 1 is 1.47 bits per heavy atom. The van der Waals surface area contributed by atoms with Gasteiger partial charge in [0, 0.05) is 17.7 Å². The minimum Gasteiger partial charge on any atom is -0.508 e. The molecule has 0 bridgehead atoms. The van der Waals surface area contributed by atoms with Gasteiger partial charge in [-0.15, -0.1) is 0 Å². The lowest BCUT2D eigenvalue weighted by atomic mass is 9.92. The van der Waals surface area contributed by atoms with Crippen LogP contribution in [-0.2, 0) is 0 Å². The molecule has 3 nitrogen and oxygen atoms in total. The van der Waals surface area contributed by atoms with Gasteiger partial charge in [-0.1, -0.05) is 26.3 Å². The van der Waals surface area contributed by atoms with Crippen LogP contribution in [0.15, 0.2) is 18.2 Å². The predicted molar refractivity (Wildman–Crippen MR) is 61.0 cm³/mol. The van der Waals surface area contributed by atoms with Gasteiger partial charge in [0.25, 0.3) is 0 Å². The van der Waals surface area contributed by atoms with E-state index >= 15 is 0 Å². The first kappa shape index (κ1) is 11.9. The Labute approximate surface area is 90.9 Å². The van der Waals surface area contributed by atoms with Gasteiger partial charge in [0.05, 0.1) is 7.11 Å². The number of ether oxygens (including phenoxy) is 1. The van der Waals surface area contributed by atoms with Gasteiger partial charge in [-0.2, -0.15) is 0 Å². The molecule has 1 aromatic rings. The number of methoxy groups -OCH3 is 1. The Morgan fingerprint density at radius 2 is 2.13 bits per heavy atom. The first-order valence-electron chi connectivity index (χ1n) is 5.22. The van der Waals surface area contributed by atoms with E-state index in [1.807, 2.05) is 6.07 Å². The van der Waals surface area contributed by atoms with Crippen molar-refractivity contribution in [1.29, 1.82) is 0 Å². The van der Waals surface area contributed by atoms with Gasteiger partial charge in [-0.3, -0.25) is 0 Å². The van der Waals surface area contributed by atoms with E-state index in [9.17, 15) is 5.11 Å². The standard InChI is InChI=1S/C12H19NO2/c1-4-8(2)12(13)10-6-5-9(14)7-11(10)15-3/h5-8,12,14H,4,13H2,1-3H3/t8?,12-/m0/s1. The highest BCUT2D eigenvalue weighted by atomic mass is 16.5. The summed E-state index contributed by atoms with van der Waals surface area (Å²) in [7, 11) is 1.58. The molecule has 0 heterocycles. The van der Waals surface area contributed by atoms with Crippen molar-refractivity contribution < 1.29 is 9.84 Å². The summed E-state index contributed by atoms with van der Waals surface area (Å²) in [5.41, 5.74) is 7.06. The quantitative estimate of drug-likeness (QED) is 0.800. The molecule has 2 atom stereocenters. The molecule has 1 rings (SSSR count). The van der Waals surface area contributed by atoms with Crippen molar-refractivity contribution >= 4 is 0 Å². The number of phenols is 1. The van der Waals surface area contributed by atoms with Crippen LogP contribution < -0.4 is 10.5 Å². The molecule has 0 saturated carbocycles. The minimum atomic E-state index is -0.0504. The average Bonchev–Trinajstić information content (AvgIpc) is 2.26. The van der Waals surface area contributed by atoms with E-state index in [-0.39, 0.29) is 11.8 Å². The molecule has 0 saturated heterocycles. The Balaban J connectivity index is 3.02. The molecule has 3 heteroatoms. The first-order valence-corrected chi connectivity index (χ1v) is 5.22. The molecule has 3 N–H and O–H groups in total. The topological polar surface area (TPSA) is 55.5 Å². The van der Waals surface area contributed by atoms with E-state index in [0.717, 1.165) is 12.0 Å². The summed E-state index contributed by atoms with van der Waals surface area (Å²) in [5.74, 6) is 1.25. The fraction of sp³-hybridized carbons (Fsp3) is 0.500. The molecule has 1 unspecified atom stereocenters. The van der Waals surface area contributed by atoms with E-state index in [0.29, 0.717) is 11.7 Å². The van der Waals surface area contributed by atoms with Crippen molar-refractivity contribution in [3.8, 4) is 11.5 Å². The third kappa shape index (κ3) is 2.63. The maximum Gasteiger partial charge on any atom is 0.127 e. The lowest BCUT2D eigenvalue weighted by Crippen LogP contribution is -2.19. The third-order valence-electron chi connectivity index (χ3n) is 2.83. The fourth-order valence-electron chi connectivity index (χ4n) is 1.54. The second-order valence-electron chi connectivity index (χ2n) is 3.84. The van der Waals surface area contributed by atoms with E-state index in [2.05, 4.69) is 13.8 Å². The zero-order valence-electron chi connectivity index (χ0n) is 9.53. The number of phenolic OH excluding ortho intramolecular Hbond substituents is 1. The second-order valence-corrected chi connectivity index (χ2v) is 3.84. The zero-order valence-corrected chi connectivity index (χ0v) is 9.53. The van der Waals surface area contributed by atoms with Gasteiger partial charge < -0.3 is 15.6 Å². The number of aromatic hydroxyl groups is 1. The van der Waals surface area contributed by atoms with Crippen molar-refractivity contribution in [2.45, 2.75) is 26.3 Å². The van der Waals surface area contributed by atoms with Gasteiger partial charge in [-0.25, -0.2) is 0 Å². The number of benzene rings is 1. The van der Waals surface area contributed by atoms with Gasteiger partial charge in [0.15, 0.2) is 0 Å². The summed E-state index contributed by atoms with van der Waals surface area (Å²) >= 11 is 0. The van der Waals surface area contributed by atoms with Crippen LogP contribution in [-0.4, -0.2) is 12.2 Å². The Bertz CT molecular complexity index is 325. The van der Waals surface area contributed by atoms with Crippen LogP contribution >= 0.6 is 0 Å². The highest BCUT2D eigenvalue weighted by molar-refractivity contribution is 5.41. The van der Waals surface area contributed by atoms with Crippen LogP contribution in [0.5, 0.6) is 11.5 Å². The second kappa shape index (κ2) is 5.03. The molecule has 0 fully saturated rings. The Hall–Kier alpha value is -1.22. The highest BCUT2D eigenvalue weighted by Crippen LogP contribution is 2.32. The van der Waals surface area contributed by atoms with Gasteiger partial charge in [-0.05, 0) is 12.0 Å². The normalized spacial score (nSPS) is 14.7. The molecule has 0 aromatic heterocycles. The van der Waals surface area contributed by atoms with Crippen molar-refractivity contribution in [3.05, 3.63) is 23.8 Å². The summed E-state index contributed by atoms with van der Waals surface area (Å²) in [6, 6.07) is 5.01. The molecule has 0 aliphatic rings. The SMILES string of the molecule is CCC(C)[C@H](N)c1ccc(O)cc1OC. The van der Waals surface area contributed by atoms with E-state index in [1.54, 1.807) is 19.2 Å². The molecule has 0 aliphatic carbocycles. The van der Waals surface area contributed by atoms with Gasteiger partial charge in [0.2, 0.25) is 0 Å². The van der Waals surface area contributed by atoms with Crippen LogP contribution in [0.4, 0.5) is 0 Å². The van der Waals surface area contributed by atoms with Crippen LogP contribution in [0.2, 0.25) is 0 Å². The lowest BCUT2D eigenvalue weighted by Gasteiger charge is -2.21. The van der Waals surface area contributed by atoms with E-state index in [4.69, 9.17) is 10.5 Å². The van der Waals surface area contributed by atoms with Crippen LogP contribution in [0.1, 0.15) is 31.9 Å². The summed E-state index contributed by atoms with van der Waals surface area (Å²) in [5, 5.41) is 9.33. The summed E-state index contributed by atoms with van der Waals surface area (Å²) in [6.07, 6.45) is 1.02. The molecular weight excluding hydrogens is 190 g/mol. The summed E-state index contributed by atoms with van der Waals surface area (Å²) < 4.78 is 5.20. The average molecular weight is 209 g/mol. The van der Waals surface area contributed by atoms with E-state index in [1.165, 1.54) is 0 Å². The van der Waals surface area contributed by atoms with Gasteiger partial charge >= 0.3 is 0 Å². The number of rotatable bonds is 4. The van der Waals surface area contributed by atoms with Crippen LogP contribution in [0.25, 0.3) is 0 Å². The lowest BCUT2D eigenvalue weighted by molar-refractivity contribution is 0.383. The van der Waals surface area contributed by atoms with Gasteiger partial charge in [0.1, 0.15) is 11.5 Å². The zero-order chi connectivity index (χ0) is 11.4. The van der Waals surface area contributed by atoms with Crippen molar-refractivity contribution in [2.24, 2.45) is 11.7 Å². The molecule has 0 amide bonds. The molecule has 0 aliphatic heterocycles. The maximum atomic E-state index is 9.33. The number of nitrogens with two attached hydrogens (primary N) is 1. The van der Waals surface area contributed by atoms with E-state index < -0.39 is 0 Å². The van der Waals surface area contributed by atoms with Crippen molar-refractivity contribution in [3.63, 3.8) is 0 Å². The largest absolute Gasteiger partial charge is 0.508 e. The molecule has 84 valence electrons. The molecule has 0 radical (unpaired) electrons. The summed E-state index contributed by atoms with van der Waals surface area (Å²) in [4.78, 5) is 0. The molecule has 1 aromatic carbocycles. The van der Waals surface area contributed by atoms with Crippen LogP contribution in [0, 0.1) is 5.92 Å². The highest BCUT2D eigenvalue weighted by Gasteiger charge is 2.17. The molecule has 0 spiro atoms. The van der Waals surface area contributed by atoms with Crippen molar-refractivity contribution in [1.82, 2.24) is 0 Å². The Morgan fingerprint density at radius 3 is 2.67 bits per heavy atom. The number of hydrogen-bond acceptors (Lipinski definition) is 3. The molecular formula is C12H19NO2. The number of hydrogen-bond donors (Lipinski definition) is 2. The predicted octanol–water partition coefficient (Wildman–Crippen LogP) is 2.45. The first-order chi connectivity index (χ1) is 7.10. The fourth-order valence-corrected chi connectivity index (χ4v) is 1.54. The summed E-state index contributed by atoms with van der Waals surface area (Å²) in [6.45, 7) is 4.22.